The van der Waals surface area contributed by atoms with E-state index in [2.05, 4.69) is 5.32 Å². The largest absolute Gasteiger partial charge is 0.469 e. The molecule has 1 atom stereocenters. The summed E-state index contributed by atoms with van der Waals surface area (Å²) in [6.45, 7) is 0.691. The third-order valence-electron chi connectivity index (χ3n) is 2.25. The molecule has 1 aromatic heterocycles. The number of carbonyl (C=O) groups excluding carboxylic acids is 1. The first kappa shape index (κ1) is 11.3. The number of thiophene rings is 1. The van der Waals surface area contributed by atoms with Gasteiger partial charge < -0.3 is 10.1 Å². The zero-order valence-electron chi connectivity index (χ0n) is 7.78. The molecule has 0 radical (unpaired) electrons. The van der Waals surface area contributed by atoms with Gasteiger partial charge in [-0.05, 0) is 17.9 Å². The van der Waals surface area contributed by atoms with Crippen LogP contribution in [0.3, 0.4) is 0 Å². The van der Waals surface area contributed by atoms with Crippen LogP contribution in [-0.2, 0) is 16.0 Å². The van der Waals surface area contributed by atoms with Crippen LogP contribution >= 0.6 is 23.7 Å². The monoisotopic (exact) mass is 233 g/mol. The number of methoxy groups -OCH3 is 1. The Morgan fingerprint density at radius 3 is 3.21 bits per heavy atom. The summed E-state index contributed by atoms with van der Waals surface area (Å²) in [5.74, 6) is -0.136. The standard InChI is InChI=1S/C9H11NO2S.ClH/c1-12-9(11)6-4-8-7(10-5-6)2-3-13-8;/h2-3,6,10H,4-5H2,1H3;1H. The molecule has 3 nitrogen and oxygen atoms in total. The third kappa shape index (κ3) is 2.01. The topological polar surface area (TPSA) is 38.3 Å². The Hall–Kier alpha value is -0.740. The van der Waals surface area contributed by atoms with Gasteiger partial charge in [-0.25, -0.2) is 0 Å². The van der Waals surface area contributed by atoms with Crippen LogP contribution in [0, 0.1) is 5.92 Å². The molecular formula is C9H12ClNO2S. The molecule has 0 bridgehead atoms. The summed E-state index contributed by atoms with van der Waals surface area (Å²) in [6, 6.07) is 2.05. The Balaban J connectivity index is 0.000000980. The molecule has 0 spiro atoms. The number of nitrogens with one attached hydrogen (secondary N) is 1. The van der Waals surface area contributed by atoms with Gasteiger partial charge in [0.2, 0.25) is 0 Å². The molecule has 1 unspecified atom stereocenters. The van der Waals surface area contributed by atoms with Gasteiger partial charge in [-0.3, -0.25) is 4.79 Å². The number of hydrogen-bond acceptors (Lipinski definition) is 4. The van der Waals surface area contributed by atoms with Crippen LogP contribution in [0.15, 0.2) is 11.4 Å². The van der Waals surface area contributed by atoms with Crippen LogP contribution in [0.4, 0.5) is 5.69 Å². The maximum absolute atomic E-state index is 11.2. The lowest BCUT2D eigenvalue weighted by Gasteiger charge is -2.21. The van der Waals surface area contributed by atoms with E-state index in [0.29, 0.717) is 6.54 Å². The van der Waals surface area contributed by atoms with E-state index in [1.165, 1.54) is 17.7 Å². The van der Waals surface area contributed by atoms with Gasteiger partial charge in [-0.1, -0.05) is 0 Å². The predicted octanol–water partition coefficient (Wildman–Crippen LogP) is 1.93. The SMILES string of the molecule is COC(=O)C1CNc2ccsc2C1.Cl. The molecule has 1 aliphatic rings. The molecule has 2 heterocycles. The summed E-state index contributed by atoms with van der Waals surface area (Å²) >= 11 is 1.69. The summed E-state index contributed by atoms with van der Waals surface area (Å²) in [5.41, 5.74) is 1.17. The summed E-state index contributed by atoms with van der Waals surface area (Å²) in [4.78, 5) is 12.5. The molecular weight excluding hydrogens is 222 g/mol. The lowest BCUT2D eigenvalue weighted by Crippen LogP contribution is -2.29. The highest BCUT2D eigenvalue weighted by Crippen LogP contribution is 2.29. The second-order valence-electron chi connectivity index (χ2n) is 3.06. The zero-order chi connectivity index (χ0) is 9.26. The first-order chi connectivity index (χ1) is 6.31. The van der Waals surface area contributed by atoms with Crippen LogP contribution in [0.25, 0.3) is 0 Å². The van der Waals surface area contributed by atoms with Crippen LogP contribution in [0.5, 0.6) is 0 Å². The van der Waals surface area contributed by atoms with Crippen LogP contribution in [0.2, 0.25) is 0 Å². The highest BCUT2D eigenvalue weighted by molar-refractivity contribution is 7.10. The molecule has 1 aromatic rings. The van der Waals surface area contributed by atoms with Crippen molar-refractivity contribution in [1.29, 1.82) is 0 Å². The van der Waals surface area contributed by atoms with Gasteiger partial charge >= 0.3 is 5.97 Å². The summed E-state index contributed by atoms with van der Waals surface area (Å²) in [6.07, 6.45) is 0.812. The van der Waals surface area contributed by atoms with E-state index >= 15 is 0 Å². The second kappa shape index (κ2) is 4.66. The zero-order valence-corrected chi connectivity index (χ0v) is 9.41. The molecule has 0 saturated heterocycles. The molecule has 0 amide bonds. The maximum Gasteiger partial charge on any atom is 0.310 e. The van der Waals surface area contributed by atoms with E-state index in [4.69, 9.17) is 4.74 Å². The number of anilines is 1. The molecule has 14 heavy (non-hydrogen) atoms. The van der Waals surface area contributed by atoms with Crippen LogP contribution < -0.4 is 5.32 Å². The Morgan fingerprint density at radius 2 is 2.50 bits per heavy atom. The van der Waals surface area contributed by atoms with Crippen LogP contribution in [-0.4, -0.2) is 19.6 Å². The number of fused-ring (bicyclic) bond motifs is 1. The summed E-state index contributed by atoms with van der Waals surface area (Å²) < 4.78 is 4.71. The first-order valence-corrected chi connectivity index (χ1v) is 5.07. The molecule has 0 aliphatic carbocycles. The van der Waals surface area contributed by atoms with Gasteiger partial charge in [0.15, 0.2) is 0 Å². The molecule has 0 saturated carbocycles. The molecule has 2 rings (SSSR count). The number of ether oxygens (including phenoxy) is 1. The van der Waals surface area contributed by atoms with Crippen molar-refractivity contribution in [1.82, 2.24) is 0 Å². The molecule has 78 valence electrons. The Kier molecular flexibility index (Phi) is 3.77. The lowest BCUT2D eigenvalue weighted by atomic mass is 10.0. The van der Waals surface area contributed by atoms with Crippen molar-refractivity contribution >= 4 is 35.4 Å². The number of halogens is 1. The van der Waals surface area contributed by atoms with E-state index in [1.54, 1.807) is 11.3 Å². The normalized spacial score (nSPS) is 18.8. The van der Waals surface area contributed by atoms with Crippen LogP contribution in [0.1, 0.15) is 4.88 Å². The predicted molar refractivity (Wildman–Crippen MR) is 59.3 cm³/mol. The van der Waals surface area contributed by atoms with Gasteiger partial charge in [0.1, 0.15) is 0 Å². The minimum atomic E-state index is -0.119. The maximum atomic E-state index is 11.2. The van der Waals surface area contributed by atoms with E-state index in [-0.39, 0.29) is 24.3 Å². The number of esters is 1. The first-order valence-electron chi connectivity index (χ1n) is 4.19. The van der Waals surface area contributed by atoms with Gasteiger partial charge in [0.25, 0.3) is 0 Å². The van der Waals surface area contributed by atoms with Gasteiger partial charge in [0.05, 0.1) is 13.0 Å². The van der Waals surface area contributed by atoms with Crippen molar-refractivity contribution in [3.8, 4) is 0 Å². The Morgan fingerprint density at radius 1 is 1.71 bits per heavy atom. The quantitative estimate of drug-likeness (QED) is 0.754. The fraction of sp³-hybridized carbons (Fsp3) is 0.444. The molecule has 5 heteroatoms. The number of hydrogen-bond donors (Lipinski definition) is 1. The molecule has 0 fully saturated rings. The average Bonchev–Trinajstić information content (AvgIpc) is 2.63. The molecule has 0 aromatic carbocycles. The fourth-order valence-electron chi connectivity index (χ4n) is 1.52. The smallest absolute Gasteiger partial charge is 0.310 e. The summed E-state index contributed by atoms with van der Waals surface area (Å²) in [7, 11) is 1.44. The second-order valence-corrected chi connectivity index (χ2v) is 4.06. The Bertz CT molecular complexity index is 326. The lowest BCUT2D eigenvalue weighted by molar-refractivity contribution is -0.144. The Labute approximate surface area is 92.9 Å². The van der Waals surface area contributed by atoms with Crippen molar-refractivity contribution in [2.75, 3.05) is 19.0 Å². The van der Waals surface area contributed by atoms with Crippen molar-refractivity contribution < 1.29 is 9.53 Å². The fourth-order valence-corrected chi connectivity index (χ4v) is 2.45. The highest BCUT2D eigenvalue weighted by Gasteiger charge is 2.25. The van der Waals surface area contributed by atoms with Crippen molar-refractivity contribution in [2.45, 2.75) is 6.42 Å². The van der Waals surface area contributed by atoms with Gasteiger partial charge in [0, 0.05) is 17.1 Å². The average molecular weight is 234 g/mol. The molecule has 1 aliphatic heterocycles. The highest BCUT2D eigenvalue weighted by atomic mass is 35.5. The van der Waals surface area contributed by atoms with Crippen molar-refractivity contribution in [3.63, 3.8) is 0 Å². The van der Waals surface area contributed by atoms with E-state index in [9.17, 15) is 4.79 Å². The van der Waals surface area contributed by atoms with Crippen molar-refractivity contribution in [3.05, 3.63) is 16.3 Å². The van der Waals surface area contributed by atoms with Crippen molar-refractivity contribution in [2.24, 2.45) is 5.92 Å². The number of rotatable bonds is 1. The third-order valence-corrected chi connectivity index (χ3v) is 3.19. The number of carbonyl (C=O) groups is 1. The van der Waals surface area contributed by atoms with E-state index in [0.717, 1.165) is 6.42 Å². The van der Waals surface area contributed by atoms with Gasteiger partial charge in [-0.2, -0.15) is 0 Å². The minimum Gasteiger partial charge on any atom is -0.469 e. The van der Waals surface area contributed by atoms with E-state index < -0.39 is 0 Å². The summed E-state index contributed by atoms with van der Waals surface area (Å²) in [5, 5.41) is 5.26. The minimum absolute atomic E-state index is 0. The molecule has 1 N–H and O–H groups in total. The van der Waals surface area contributed by atoms with Gasteiger partial charge in [-0.15, -0.1) is 23.7 Å². The van der Waals surface area contributed by atoms with E-state index in [1.807, 2.05) is 11.4 Å².